The third kappa shape index (κ3) is 3.64. The summed E-state index contributed by atoms with van der Waals surface area (Å²) in [6, 6.07) is 5.04. The summed E-state index contributed by atoms with van der Waals surface area (Å²) < 4.78 is 0.719. The lowest BCUT2D eigenvalue weighted by molar-refractivity contribution is -0.384. The van der Waals surface area contributed by atoms with E-state index in [1.807, 2.05) is 0 Å². The van der Waals surface area contributed by atoms with Gasteiger partial charge in [-0.15, -0.1) is 0 Å². The standard InChI is InChI=1S/C15H18N2O3S2/c1-10-4-3-5-11(2)16(10)15(21)22-14-7-6-13(17(19)20)8-12(14)9-18/h6-11H,3-5H2,1-2H3/t10-,11-/m1/s1. The second-order valence-electron chi connectivity index (χ2n) is 5.50. The van der Waals surface area contributed by atoms with Crippen molar-refractivity contribution < 1.29 is 9.72 Å². The fourth-order valence-corrected chi connectivity index (χ4v) is 4.41. The molecule has 0 aromatic heterocycles. The third-order valence-electron chi connectivity index (χ3n) is 3.93. The number of nitrogens with zero attached hydrogens (tertiary/aromatic N) is 2. The topological polar surface area (TPSA) is 63.4 Å². The molecule has 118 valence electrons. The average molecular weight is 338 g/mol. The van der Waals surface area contributed by atoms with E-state index in [9.17, 15) is 14.9 Å². The first-order valence-electron chi connectivity index (χ1n) is 7.17. The predicted molar refractivity (Wildman–Crippen MR) is 91.6 cm³/mol. The van der Waals surface area contributed by atoms with E-state index in [0.717, 1.165) is 17.2 Å². The van der Waals surface area contributed by atoms with Crippen molar-refractivity contribution in [1.29, 1.82) is 0 Å². The van der Waals surface area contributed by atoms with Crippen molar-refractivity contribution >= 4 is 40.3 Å². The van der Waals surface area contributed by atoms with Crippen LogP contribution in [0.15, 0.2) is 23.1 Å². The number of likely N-dealkylation sites (tertiary alicyclic amines) is 1. The van der Waals surface area contributed by atoms with Crippen LogP contribution in [-0.2, 0) is 0 Å². The Morgan fingerprint density at radius 1 is 1.41 bits per heavy atom. The molecule has 0 radical (unpaired) electrons. The van der Waals surface area contributed by atoms with Crippen molar-refractivity contribution in [2.24, 2.45) is 0 Å². The van der Waals surface area contributed by atoms with Crippen LogP contribution in [0.3, 0.4) is 0 Å². The van der Waals surface area contributed by atoms with Gasteiger partial charge in [-0.1, -0.05) is 24.0 Å². The third-order valence-corrected chi connectivity index (χ3v) is 5.37. The Kier molecular flexibility index (Phi) is 5.52. The van der Waals surface area contributed by atoms with Gasteiger partial charge in [0.05, 0.1) is 4.92 Å². The fourth-order valence-electron chi connectivity index (χ4n) is 2.76. The number of rotatable bonds is 3. The average Bonchev–Trinajstić information content (AvgIpc) is 2.47. The van der Waals surface area contributed by atoms with Crippen molar-refractivity contribution in [1.82, 2.24) is 4.90 Å². The number of piperidine rings is 1. The highest BCUT2D eigenvalue weighted by atomic mass is 32.2. The Morgan fingerprint density at radius 3 is 2.59 bits per heavy atom. The van der Waals surface area contributed by atoms with Gasteiger partial charge in [0, 0.05) is 34.7 Å². The van der Waals surface area contributed by atoms with Crippen LogP contribution in [0.5, 0.6) is 0 Å². The number of carbonyl (C=O) groups excluding carboxylic acids is 1. The molecule has 1 aromatic carbocycles. The number of thioether (sulfide) groups is 1. The van der Waals surface area contributed by atoms with E-state index < -0.39 is 4.92 Å². The lowest BCUT2D eigenvalue weighted by Crippen LogP contribution is -2.45. The minimum absolute atomic E-state index is 0.0860. The molecule has 0 bridgehead atoms. The summed E-state index contributed by atoms with van der Waals surface area (Å²) in [5.41, 5.74) is 0.218. The summed E-state index contributed by atoms with van der Waals surface area (Å²) >= 11 is 6.87. The first kappa shape index (κ1) is 16.9. The lowest BCUT2D eigenvalue weighted by atomic mass is 9.99. The van der Waals surface area contributed by atoms with Gasteiger partial charge in [0.1, 0.15) is 4.32 Å². The van der Waals surface area contributed by atoms with E-state index in [1.54, 1.807) is 6.07 Å². The van der Waals surface area contributed by atoms with Crippen LogP contribution in [0.1, 0.15) is 43.5 Å². The zero-order chi connectivity index (χ0) is 16.3. The van der Waals surface area contributed by atoms with Crippen molar-refractivity contribution in [3.05, 3.63) is 33.9 Å². The van der Waals surface area contributed by atoms with Gasteiger partial charge >= 0.3 is 0 Å². The molecule has 2 rings (SSSR count). The van der Waals surface area contributed by atoms with Crippen molar-refractivity contribution in [2.45, 2.75) is 50.1 Å². The zero-order valence-corrected chi connectivity index (χ0v) is 14.2. The minimum Gasteiger partial charge on any atom is -0.352 e. The SMILES string of the molecule is C[C@@H]1CCC[C@@H](C)N1C(=S)Sc1ccc([N+](=O)[O-])cc1C=O. The molecule has 1 saturated heterocycles. The van der Waals surface area contributed by atoms with Crippen LogP contribution in [0.25, 0.3) is 0 Å². The van der Waals surface area contributed by atoms with E-state index in [-0.39, 0.29) is 5.69 Å². The maximum absolute atomic E-state index is 11.2. The van der Waals surface area contributed by atoms with Gasteiger partial charge in [-0.2, -0.15) is 0 Å². The molecule has 0 saturated carbocycles. The number of nitro groups is 1. The molecule has 1 aromatic rings. The number of hydrogen-bond acceptors (Lipinski definition) is 5. The van der Waals surface area contributed by atoms with Crippen molar-refractivity contribution in [2.75, 3.05) is 0 Å². The molecule has 7 heteroatoms. The Morgan fingerprint density at radius 2 is 2.05 bits per heavy atom. The largest absolute Gasteiger partial charge is 0.352 e. The second kappa shape index (κ2) is 7.19. The molecule has 22 heavy (non-hydrogen) atoms. The molecule has 1 heterocycles. The predicted octanol–water partition coefficient (Wildman–Crippen LogP) is 4.05. The summed E-state index contributed by atoms with van der Waals surface area (Å²) in [6.07, 6.45) is 4.04. The Balaban J connectivity index is 2.20. The molecular weight excluding hydrogens is 320 g/mol. The minimum atomic E-state index is -0.505. The van der Waals surface area contributed by atoms with E-state index in [1.165, 1.54) is 30.3 Å². The smallest absolute Gasteiger partial charge is 0.270 e. The quantitative estimate of drug-likeness (QED) is 0.272. The summed E-state index contributed by atoms with van der Waals surface area (Å²) in [4.78, 5) is 24.3. The number of thiocarbonyl (C=S) groups is 1. The molecule has 2 atom stereocenters. The van der Waals surface area contributed by atoms with E-state index in [2.05, 4.69) is 18.7 Å². The monoisotopic (exact) mass is 338 g/mol. The van der Waals surface area contributed by atoms with E-state index in [0.29, 0.717) is 28.8 Å². The van der Waals surface area contributed by atoms with Crippen LogP contribution in [0.4, 0.5) is 5.69 Å². The lowest BCUT2D eigenvalue weighted by Gasteiger charge is -2.40. The van der Waals surface area contributed by atoms with Gasteiger partial charge in [-0.25, -0.2) is 0 Å². The van der Waals surface area contributed by atoms with Gasteiger partial charge in [0.25, 0.3) is 5.69 Å². The Bertz CT molecular complexity index is 596. The Labute approximate surface area is 139 Å². The summed E-state index contributed by atoms with van der Waals surface area (Å²) in [5, 5.41) is 10.8. The number of nitro benzene ring substituents is 1. The summed E-state index contributed by atoms with van der Waals surface area (Å²) in [6.45, 7) is 4.30. The van der Waals surface area contributed by atoms with Gasteiger partial charge < -0.3 is 4.90 Å². The van der Waals surface area contributed by atoms with E-state index >= 15 is 0 Å². The Hall–Kier alpha value is -1.47. The maximum Gasteiger partial charge on any atom is 0.270 e. The van der Waals surface area contributed by atoms with Crippen LogP contribution < -0.4 is 0 Å². The molecule has 1 aliphatic heterocycles. The van der Waals surface area contributed by atoms with Gasteiger partial charge in [-0.3, -0.25) is 14.9 Å². The molecular formula is C15H18N2O3S2. The number of benzene rings is 1. The number of aldehydes is 1. The highest BCUT2D eigenvalue weighted by Gasteiger charge is 2.27. The second-order valence-corrected chi connectivity index (χ2v) is 7.18. The molecule has 1 aliphatic rings. The van der Waals surface area contributed by atoms with Gasteiger partial charge in [0.2, 0.25) is 0 Å². The molecule has 0 amide bonds. The summed E-state index contributed by atoms with van der Waals surface area (Å²) in [5.74, 6) is 0. The van der Waals surface area contributed by atoms with E-state index in [4.69, 9.17) is 12.2 Å². The molecule has 5 nitrogen and oxygen atoms in total. The normalized spacial score (nSPS) is 21.5. The van der Waals surface area contributed by atoms with Crippen LogP contribution in [-0.4, -0.2) is 32.5 Å². The fraction of sp³-hybridized carbons (Fsp3) is 0.467. The van der Waals surface area contributed by atoms with Gasteiger partial charge in [-0.05, 0) is 39.2 Å². The molecule has 0 N–H and O–H groups in total. The highest BCUT2D eigenvalue weighted by molar-refractivity contribution is 8.23. The molecule has 0 unspecified atom stereocenters. The maximum atomic E-state index is 11.2. The van der Waals surface area contributed by atoms with Crippen LogP contribution >= 0.6 is 24.0 Å². The highest BCUT2D eigenvalue weighted by Crippen LogP contribution is 2.32. The van der Waals surface area contributed by atoms with Gasteiger partial charge in [0.15, 0.2) is 6.29 Å². The first-order chi connectivity index (χ1) is 10.4. The molecule has 1 fully saturated rings. The number of carbonyl (C=O) groups is 1. The van der Waals surface area contributed by atoms with Crippen molar-refractivity contribution in [3.8, 4) is 0 Å². The van der Waals surface area contributed by atoms with Crippen LogP contribution in [0.2, 0.25) is 0 Å². The zero-order valence-electron chi connectivity index (χ0n) is 12.5. The number of non-ortho nitro benzene ring substituents is 1. The van der Waals surface area contributed by atoms with Crippen molar-refractivity contribution in [3.63, 3.8) is 0 Å². The van der Waals surface area contributed by atoms with Crippen LogP contribution in [0, 0.1) is 10.1 Å². The first-order valence-corrected chi connectivity index (χ1v) is 8.40. The molecule has 0 spiro atoms. The number of hydrogen-bond donors (Lipinski definition) is 0. The molecule has 0 aliphatic carbocycles. The summed E-state index contributed by atoms with van der Waals surface area (Å²) in [7, 11) is 0.